The molecule has 3 rings (SSSR count). The van der Waals surface area contributed by atoms with Crippen molar-refractivity contribution in [3.8, 4) is 17.7 Å². The number of likely N-dealkylation sites (N-methyl/N-ethyl adjacent to an activating group) is 1. The van der Waals surface area contributed by atoms with E-state index >= 15 is 0 Å². The van der Waals surface area contributed by atoms with Crippen LogP contribution in [0.5, 0.6) is 11.6 Å². The lowest BCUT2D eigenvalue weighted by atomic mass is 10.1. The molecule has 2 heterocycles. The van der Waals surface area contributed by atoms with Crippen molar-refractivity contribution in [1.29, 1.82) is 5.26 Å². The highest BCUT2D eigenvalue weighted by Gasteiger charge is 2.16. The van der Waals surface area contributed by atoms with E-state index in [0.29, 0.717) is 16.4 Å². The maximum Gasteiger partial charge on any atom is 0.269 e. The third-order valence-electron chi connectivity index (χ3n) is 3.64. The molecule has 0 fully saturated rings. The van der Waals surface area contributed by atoms with Crippen molar-refractivity contribution in [2.24, 2.45) is 0 Å². The topological polar surface area (TPSA) is 96.5 Å². The number of amides is 1. The van der Waals surface area contributed by atoms with Gasteiger partial charge < -0.3 is 10.1 Å². The maximum atomic E-state index is 12.9. The Morgan fingerprint density at radius 1 is 1.30 bits per heavy atom. The minimum absolute atomic E-state index is 0.0196. The van der Waals surface area contributed by atoms with E-state index in [2.05, 4.69) is 10.3 Å². The molecule has 8 heteroatoms. The minimum atomic E-state index is -0.618. The molecule has 0 unspecified atom stereocenters. The number of hydrogen-bond acceptors (Lipinski definition) is 5. The Hall–Kier alpha value is -3.63. The lowest BCUT2D eigenvalue weighted by molar-refractivity contribution is -0.116. The summed E-state index contributed by atoms with van der Waals surface area (Å²) in [7, 11) is 1.39. The van der Waals surface area contributed by atoms with Gasteiger partial charge in [0.15, 0.2) is 0 Å². The number of aromatic nitrogens is 2. The van der Waals surface area contributed by atoms with E-state index in [1.165, 1.54) is 17.5 Å². The molecule has 1 amide bonds. The molecule has 0 spiro atoms. The first kappa shape index (κ1) is 18.2. The van der Waals surface area contributed by atoms with Crippen molar-refractivity contribution in [2.75, 3.05) is 7.05 Å². The van der Waals surface area contributed by atoms with E-state index in [1.54, 1.807) is 54.7 Å². The minimum Gasteiger partial charge on any atom is -0.438 e. The van der Waals surface area contributed by atoms with Crippen LogP contribution in [0.4, 0.5) is 0 Å². The van der Waals surface area contributed by atoms with Gasteiger partial charge >= 0.3 is 0 Å². The van der Waals surface area contributed by atoms with Crippen LogP contribution in [0.2, 0.25) is 5.02 Å². The number of carbonyl (C=O) groups is 1. The van der Waals surface area contributed by atoms with E-state index < -0.39 is 11.5 Å². The molecule has 0 aliphatic carbocycles. The number of hydrogen-bond donors (Lipinski definition) is 1. The van der Waals surface area contributed by atoms with Crippen LogP contribution < -0.4 is 15.6 Å². The molecule has 0 radical (unpaired) electrons. The van der Waals surface area contributed by atoms with Crippen LogP contribution in [0.3, 0.4) is 0 Å². The molecule has 0 atom stereocenters. The molecule has 134 valence electrons. The van der Waals surface area contributed by atoms with Gasteiger partial charge in [-0.1, -0.05) is 17.7 Å². The molecular formula is C19H13ClN4O3. The van der Waals surface area contributed by atoms with Gasteiger partial charge in [0.1, 0.15) is 28.6 Å². The summed E-state index contributed by atoms with van der Waals surface area (Å²) in [5.74, 6) is -0.239. The molecule has 0 aliphatic heterocycles. The normalized spacial score (nSPS) is 11.1. The van der Waals surface area contributed by atoms with Gasteiger partial charge in [0.2, 0.25) is 5.88 Å². The van der Waals surface area contributed by atoms with Crippen molar-refractivity contribution < 1.29 is 9.53 Å². The highest BCUT2D eigenvalue weighted by atomic mass is 35.5. The fraction of sp³-hybridized carbons (Fsp3) is 0.0526. The average molecular weight is 381 g/mol. The molecule has 7 nitrogen and oxygen atoms in total. The quantitative estimate of drug-likeness (QED) is 0.554. The highest BCUT2D eigenvalue weighted by molar-refractivity contribution is 6.30. The first-order valence-corrected chi connectivity index (χ1v) is 8.20. The zero-order valence-electron chi connectivity index (χ0n) is 14.1. The largest absolute Gasteiger partial charge is 0.438 e. The monoisotopic (exact) mass is 380 g/mol. The van der Waals surface area contributed by atoms with Gasteiger partial charge in [-0.3, -0.25) is 14.0 Å². The first-order valence-electron chi connectivity index (χ1n) is 7.82. The lowest BCUT2D eigenvalue weighted by Crippen LogP contribution is -2.22. The lowest BCUT2D eigenvalue weighted by Gasteiger charge is -2.10. The molecule has 0 bridgehead atoms. The molecular weight excluding hydrogens is 368 g/mol. The first-order chi connectivity index (χ1) is 13.0. The summed E-state index contributed by atoms with van der Waals surface area (Å²) in [5.41, 5.74) is -0.370. The summed E-state index contributed by atoms with van der Waals surface area (Å²) in [6, 6.07) is 13.3. The Morgan fingerprint density at radius 3 is 2.70 bits per heavy atom. The Labute approximate surface area is 159 Å². The number of halogens is 1. The van der Waals surface area contributed by atoms with E-state index in [1.807, 2.05) is 0 Å². The van der Waals surface area contributed by atoms with E-state index in [-0.39, 0.29) is 17.0 Å². The van der Waals surface area contributed by atoms with Crippen LogP contribution >= 0.6 is 11.6 Å². The van der Waals surface area contributed by atoms with Crippen LogP contribution in [-0.2, 0) is 4.79 Å². The number of pyridine rings is 1. The second kappa shape index (κ2) is 7.72. The number of nitrogens with zero attached hydrogens (tertiary/aromatic N) is 3. The van der Waals surface area contributed by atoms with Crippen LogP contribution in [-0.4, -0.2) is 22.3 Å². The second-order valence-electron chi connectivity index (χ2n) is 5.37. The number of fused-ring (bicyclic) bond motifs is 1. The molecule has 0 saturated carbocycles. The number of benzene rings is 1. The fourth-order valence-electron chi connectivity index (χ4n) is 2.33. The molecule has 3 aromatic rings. The van der Waals surface area contributed by atoms with Gasteiger partial charge in [-0.25, -0.2) is 0 Å². The summed E-state index contributed by atoms with van der Waals surface area (Å²) in [5, 5.41) is 12.1. The van der Waals surface area contributed by atoms with Crippen molar-refractivity contribution in [2.45, 2.75) is 0 Å². The summed E-state index contributed by atoms with van der Waals surface area (Å²) in [6.07, 6.45) is 2.71. The third-order valence-corrected chi connectivity index (χ3v) is 3.90. The van der Waals surface area contributed by atoms with Gasteiger partial charge in [-0.2, -0.15) is 10.2 Å². The third kappa shape index (κ3) is 3.81. The number of nitriles is 1. The molecule has 27 heavy (non-hydrogen) atoms. The average Bonchev–Trinajstić information content (AvgIpc) is 2.69. The van der Waals surface area contributed by atoms with Crippen molar-refractivity contribution in [1.82, 2.24) is 14.7 Å². The van der Waals surface area contributed by atoms with Crippen molar-refractivity contribution in [3.05, 3.63) is 75.2 Å². The highest BCUT2D eigenvalue weighted by Crippen LogP contribution is 2.25. The molecule has 0 saturated heterocycles. The maximum absolute atomic E-state index is 12.9. The predicted octanol–water partition coefficient (Wildman–Crippen LogP) is 2.79. The number of rotatable bonds is 4. The Morgan fingerprint density at radius 2 is 2.04 bits per heavy atom. The Balaban J connectivity index is 2.22. The standard InChI is InChI=1S/C19H13ClN4O3/c1-22-17(25)12(11-21)10-15-18(27-14-7-5-13(20)6-8-14)23-16-4-2-3-9-24(16)19(15)26/h2-10H,1H3,(H,22,25)/b12-10+. The van der Waals surface area contributed by atoms with Gasteiger partial charge in [-0.15, -0.1) is 0 Å². The molecule has 2 aromatic heterocycles. The van der Waals surface area contributed by atoms with Crippen LogP contribution in [0, 0.1) is 11.3 Å². The number of ether oxygens (including phenoxy) is 1. The van der Waals surface area contributed by atoms with E-state index in [0.717, 1.165) is 0 Å². The summed E-state index contributed by atoms with van der Waals surface area (Å²) >= 11 is 5.87. The molecule has 1 aromatic carbocycles. The summed E-state index contributed by atoms with van der Waals surface area (Å²) < 4.78 is 7.05. The second-order valence-corrected chi connectivity index (χ2v) is 5.81. The van der Waals surface area contributed by atoms with Crippen molar-refractivity contribution >= 4 is 29.2 Å². The SMILES string of the molecule is CNC(=O)/C(C#N)=C/c1c(Oc2ccc(Cl)cc2)nc2ccccn2c1=O. The smallest absolute Gasteiger partial charge is 0.269 e. The van der Waals surface area contributed by atoms with Crippen LogP contribution in [0.1, 0.15) is 5.56 Å². The summed E-state index contributed by atoms with van der Waals surface area (Å²) in [4.78, 5) is 29.1. The van der Waals surface area contributed by atoms with E-state index in [9.17, 15) is 14.9 Å². The number of carbonyl (C=O) groups excluding carboxylic acids is 1. The fourth-order valence-corrected chi connectivity index (χ4v) is 2.45. The van der Waals surface area contributed by atoms with Gasteiger partial charge in [0, 0.05) is 18.3 Å². The van der Waals surface area contributed by atoms with Crippen LogP contribution in [0.25, 0.3) is 11.7 Å². The zero-order valence-corrected chi connectivity index (χ0v) is 14.9. The summed E-state index contributed by atoms with van der Waals surface area (Å²) in [6.45, 7) is 0. The van der Waals surface area contributed by atoms with Crippen LogP contribution in [0.15, 0.2) is 59.0 Å². The van der Waals surface area contributed by atoms with Crippen molar-refractivity contribution in [3.63, 3.8) is 0 Å². The predicted molar refractivity (Wildman–Crippen MR) is 101 cm³/mol. The Kier molecular flexibility index (Phi) is 5.20. The van der Waals surface area contributed by atoms with E-state index in [4.69, 9.17) is 16.3 Å². The van der Waals surface area contributed by atoms with Gasteiger partial charge in [-0.05, 0) is 42.5 Å². The van der Waals surface area contributed by atoms with Gasteiger partial charge in [0.25, 0.3) is 11.5 Å². The Bertz CT molecular complexity index is 1140. The molecule has 0 aliphatic rings. The van der Waals surface area contributed by atoms with Gasteiger partial charge in [0.05, 0.1) is 0 Å². The zero-order chi connectivity index (χ0) is 19.4. The number of nitrogens with one attached hydrogen (secondary N) is 1. The molecule has 1 N–H and O–H groups in total.